The average molecular weight is 415 g/mol. The summed E-state index contributed by atoms with van der Waals surface area (Å²) in [5.74, 6) is -2.14. The van der Waals surface area contributed by atoms with Gasteiger partial charge in [-0.2, -0.15) is 0 Å². The molecule has 3 amide bonds. The number of nitrogens with zero attached hydrogens (tertiary/aromatic N) is 2. The SMILES string of the molecule is O=C(CN1C(=O)c2cccc([N+](=O)[O-])c2C1=O)Nc1ccccc1Cc1ccccc1. The number of carbonyl (C=O) groups excluding carboxylic acids is 3. The molecule has 1 aliphatic heterocycles. The minimum absolute atomic E-state index is 0.0727. The van der Waals surface area contributed by atoms with Crippen molar-refractivity contribution in [3.63, 3.8) is 0 Å². The topological polar surface area (TPSA) is 110 Å². The van der Waals surface area contributed by atoms with E-state index < -0.39 is 34.9 Å². The van der Waals surface area contributed by atoms with Crippen molar-refractivity contribution in [2.75, 3.05) is 11.9 Å². The molecule has 3 aromatic carbocycles. The molecule has 0 atom stereocenters. The molecule has 0 saturated carbocycles. The third kappa shape index (κ3) is 3.91. The molecule has 0 radical (unpaired) electrons. The van der Waals surface area contributed by atoms with Gasteiger partial charge in [0.25, 0.3) is 17.5 Å². The van der Waals surface area contributed by atoms with E-state index in [9.17, 15) is 24.5 Å². The van der Waals surface area contributed by atoms with Crippen LogP contribution in [0.1, 0.15) is 31.8 Å². The molecule has 154 valence electrons. The number of amides is 3. The number of nitrogens with one attached hydrogen (secondary N) is 1. The van der Waals surface area contributed by atoms with Crippen molar-refractivity contribution in [3.05, 3.63) is 105 Å². The van der Waals surface area contributed by atoms with Crippen LogP contribution in [-0.4, -0.2) is 34.1 Å². The van der Waals surface area contributed by atoms with Crippen LogP contribution in [0.25, 0.3) is 0 Å². The fourth-order valence-electron chi connectivity index (χ4n) is 3.56. The first-order chi connectivity index (χ1) is 15.0. The van der Waals surface area contributed by atoms with Crippen molar-refractivity contribution in [1.82, 2.24) is 4.90 Å². The number of nitro groups is 1. The van der Waals surface area contributed by atoms with E-state index >= 15 is 0 Å². The minimum atomic E-state index is -0.847. The third-order valence-corrected chi connectivity index (χ3v) is 5.00. The maximum absolute atomic E-state index is 12.6. The van der Waals surface area contributed by atoms with Gasteiger partial charge in [0.15, 0.2) is 0 Å². The zero-order valence-corrected chi connectivity index (χ0v) is 16.3. The van der Waals surface area contributed by atoms with Crippen LogP contribution >= 0.6 is 0 Å². The first kappa shape index (κ1) is 20.0. The number of para-hydroxylation sites is 1. The zero-order chi connectivity index (χ0) is 22.0. The van der Waals surface area contributed by atoms with Crippen molar-refractivity contribution in [2.45, 2.75) is 6.42 Å². The Kier molecular flexibility index (Phi) is 5.28. The largest absolute Gasteiger partial charge is 0.324 e. The maximum atomic E-state index is 12.6. The smallest absolute Gasteiger partial charge is 0.282 e. The summed E-state index contributed by atoms with van der Waals surface area (Å²) in [6, 6.07) is 20.8. The lowest BCUT2D eigenvalue weighted by atomic mass is 10.0. The van der Waals surface area contributed by atoms with Crippen LogP contribution in [0.3, 0.4) is 0 Å². The Balaban J connectivity index is 1.52. The lowest BCUT2D eigenvalue weighted by Crippen LogP contribution is -2.37. The summed E-state index contributed by atoms with van der Waals surface area (Å²) in [5.41, 5.74) is 1.70. The molecule has 3 aromatic rings. The molecule has 0 unspecified atom stereocenters. The average Bonchev–Trinajstić information content (AvgIpc) is 3.00. The van der Waals surface area contributed by atoms with Gasteiger partial charge in [-0.3, -0.25) is 29.4 Å². The second-order valence-electron chi connectivity index (χ2n) is 7.02. The van der Waals surface area contributed by atoms with Crippen molar-refractivity contribution < 1.29 is 19.3 Å². The monoisotopic (exact) mass is 415 g/mol. The van der Waals surface area contributed by atoms with Gasteiger partial charge in [-0.1, -0.05) is 54.6 Å². The summed E-state index contributed by atoms with van der Waals surface area (Å²) in [4.78, 5) is 49.1. The molecule has 0 bridgehead atoms. The standard InChI is InChI=1S/C23H17N3O5/c27-20(24-18-11-5-4-9-16(18)13-15-7-2-1-3-8-15)14-25-22(28)17-10-6-12-19(26(30)31)21(17)23(25)29/h1-12H,13-14H2,(H,24,27). The van der Waals surface area contributed by atoms with Gasteiger partial charge in [-0.05, 0) is 29.7 Å². The highest BCUT2D eigenvalue weighted by molar-refractivity contribution is 6.24. The lowest BCUT2D eigenvalue weighted by Gasteiger charge is -2.15. The fourth-order valence-corrected chi connectivity index (χ4v) is 3.56. The number of hydrogen-bond acceptors (Lipinski definition) is 5. The molecule has 0 saturated heterocycles. The summed E-state index contributed by atoms with van der Waals surface area (Å²) in [7, 11) is 0. The summed E-state index contributed by atoms with van der Waals surface area (Å²) >= 11 is 0. The van der Waals surface area contributed by atoms with Gasteiger partial charge in [0, 0.05) is 11.8 Å². The summed E-state index contributed by atoms with van der Waals surface area (Å²) < 4.78 is 0. The van der Waals surface area contributed by atoms with Crippen LogP contribution < -0.4 is 5.32 Å². The third-order valence-electron chi connectivity index (χ3n) is 5.00. The van der Waals surface area contributed by atoms with E-state index in [2.05, 4.69) is 5.32 Å². The number of benzene rings is 3. The van der Waals surface area contributed by atoms with Gasteiger partial charge in [0.2, 0.25) is 5.91 Å². The van der Waals surface area contributed by atoms with Crippen molar-refractivity contribution in [1.29, 1.82) is 0 Å². The maximum Gasteiger partial charge on any atom is 0.282 e. The number of anilines is 1. The van der Waals surface area contributed by atoms with Gasteiger partial charge >= 0.3 is 0 Å². The Morgan fingerprint density at radius 2 is 1.61 bits per heavy atom. The molecular weight excluding hydrogens is 398 g/mol. The number of rotatable bonds is 6. The molecule has 8 nitrogen and oxygen atoms in total. The van der Waals surface area contributed by atoms with Gasteiger partial charge in [-0.25, -0.2) is 0 Å². The second-order valence-corrected chi connectivity index (χ2v) is 7.02. The Morgan fingerprint density at radius 1 is 0.903 bits per heavy atom. The van der Waals surface area contributed by atoms with Crippen molar-refractivity contribution in [3.8, 4) is 0 Å². The second kappa shape index (κ2) is 8.19. The molecule has 0 fully saturated rings. The van der Waals surface area contributed by atoms with Gasteiger partial charge in [0.05, 0.1) is 10.5 Å². The highest BCUT2D eigenvalue weighted by Crippen LogP contribution is 2.30. The van der Waals surface area contributed by atoms with Gasteiger partial charge in [-0.15, -0.1) is 0 Å². The first-order valence-electron chi connectivity index (χ1n) is 9.51. The molecule has 1 aliphatic rings. The highest BCUT2D eigenvalue weighted by Gasteiger charge is 2.41. The van der Waals surface area contributed by atoms with Crippen LogP contribution in [0.4, 0.5) is 11.4 Å². The number of hydrogen-bond donors (Lipinski definition) is 1. The van der Waals surface area contributed by atoms with E-state index in [0.717, 1.165) is 22.1 Å². The number of fused-ring (bicyclic) bond motifs is 1. The van der Waals surface area contributed by atoms with Crippen molar-refractivity contribution in [2.24, 2.45) is 0 Å². The fraction of sp³-hybridized carbons (Fsp3) is 0.0870. The Hall–Kier alpha value is -4.33. The predicted molar refractivity (Wildman–Crippen MR) is 113 cm³/mol. The Bertz CT molecular complexity index is 1210. The molecule has 0 aliphatic carbocycles. The van der Waals surface area contributed by atoms with Gasteiger partial charge in [0.1, 0.15) is 12.1 Å². The summed E-state index contributed by atoms with van der Waals surface area (Å²) in [6.07, 6.45) is 0.594. The van der Waals surface area contributed by atoms with Crippen LogP contribution in [0.2, 0.25) is 0 Å². The molecule has 0 spiro atoms. The zero-order valence-electron chi connectivity index (χ0n) is 16.3. The molecule has 31 heavy (non-hydrogen) atoms. The minimum Gasteiger partial charge on any atom is -0.324 e. The molecular formula is C23H17N3O5. The first-order valence-corrected chi connectivity index (χ1v) is 9.51. The molecule has 1 N–H and O–H groups in total. The predicted octanol–water partition coefficient (Wildman–Crippen LogP) is 3.42. The molecule has 4 rings (SSSR count). The van der Waals surface area contributed by atoms with Crippen LogP contribution in [0, 0.1) is 10.1 Å². The summed E-state index contributed by atoms with van der Waals surface area (Å²) in [6.45, 7) is -0.539. The van der Waals surface area contributed by atoms with E-state index in [-0.39, 0.29) is 11.1 Å². The van der Waals surface area contributed by atoms with E-state index in [1.54, 1.807) is 12.1 Å². The van der Waals surface area contributed by atoms with Gasteiger partial charge < -0.3 is 5.32 Å². The van der Waals surface area contributed by atoms with Crippen LogP contribution in [0.5, 0.6) is 0 Å². The lowest BCUT2D eigenvalue weighted by molar-refractivity contribution is -0.385. The quantitative estimate of drug-likeness (QED) is 0.377. The van der Waals surface area contributed by atoms with E-state index in [1.807, 2.05) is 42.5 Å². The van der Waals surface area contributed by atoms with E-state index in [4.69, 9.17) is 0 Å². The molecule has 0 aromatic heterocycles. The Morgan fingerprint density at radius 3 is 2.35 bits per heavy atom. The van der Waals surface area contributed by atoms with E-state index in [0.29, 0.717) is 12.1 Å². The van der Waals surface area contributed by atoms with Crippen molar-refractivity contribution >= 4 is 29.1 Å². The summed E-state index contributed by atoms with van der Waals surface area (Å²) in [5, 5.41) is 14.0. The number of carbonyl (C=O) groups is 3. The van der Waals surface area contributed by atoms with E-state index in [1.165, 1.54) is 12.1 Å². The van der Waals surface area contributed by atoms with Crippen LogP contribution in [-0.2, 0) is 11.2 Å². The van der Waals surface area contributed by atoms with Crippen LogP contribution in [0.15, 0.2) is 72.8 Å². The molecule has 8 heteroatoms. The Labute approximate surface area is 177 Å². The number of imide groups is 1. The normalized spacial score (nSPS) is 12.6. The number of nitro benzene ring substituents is 1. The highest BCUT2D eigenvalue weighted by atomic mass is 16.6. The molecule has 1 heterocycles.